The maximum atomic E-state index is 12.0. The third kappa shape index (κ3) is 3.88. The van der Waals surface area contributed by atoms with Crippen molar-refractivity contribution < 1.29 is 19.2 Å². The van der Waals surface area contributed by atoms with Crippen molar-refractivity contribution in [3.63, 3.8) is 0 Å². The van der Waals surface area contributed by atoms with E-state index in [1.165, 1.54) is 6.92 Å². The second-order valence-electron chi connectivity index (χ2n) is 4.74. The molecular formula is C14H15N3O4. The van der Waals surface area contributed by atoms with Gasteiger partial charge in [0.15, 0.2) is 0 Å². The summed E-state index contributed by atoms with van der Waals surface area (Å²) in [6.07, 6.45) is 0.499. The van der Waals surface area contributed by atoms with Crippen LogP contribution in [0.25, 0.3) is 0 Å². The summed E-state index contributed by atoms with van der Waals surface area (Å²) < 4.78 is 0. The van der Waals surface area contributed by atoms with Gasteiger partial charge in [-0.1, -0.05) is 0 Å². The van der Waals surface area contributed by atoms with E-state index in [0.717, 1.165) is 0 Å². The van der Waals surface area contributed by atoms with E-state index in [1.807, 2.05) is 0 Å². The number of amides is 4. The van der Waals surface area contributed by atoms with Crippen molar-refractivity contribution in [3.05, 3.63) is 29.8 Å². The third-order valence-electron chi connectivity index (χ3n) is 3.01. The minimum absolute atomic E-state index is 0.198. The first-order valence-corrected chi connectivity index (χ1v) is 6.48. The number of carbonyl (C=O) groups is 4. The highest BCUT2D eigenvalue weighted by Crippen LogP contribution is 2.11. The van der Waals surface area contributed by atoms with Crippen LogP contribution in [0.15, 0.2) is 24.3 Å². The van der Waals surface area contributed by atoms with Crippen molar-refractivity contribution in [2.75, 3.05) is 5.32 Å². The summed E-state index contributed by atoms with van der Waals surface area (Å²) in [6.45, 7) is 1.39. The Morgan fingerprint density at radius 1 is 1.19 bits per heavy atom. The zero-order chi connectivity index (χ0) is 15.4. The van der Waals surface area contributed by atoms with Crippen LogP contribution in [-0.4, -0.2) is 29.7 Å². The monoisotopic (exact) mass is 289 g/mol. The molecule has 1 atom stereocenters. The molecule has 0 aromatic heterocycles. The van der Waals surface area contributed by atoms with Crippen LogP contribution in [-0.2, 0) is 14.4 Å². The number of hydrogen-bond acceptors (Lipinski definition) is 4. The Labute approximate surface area is 121 Å². The first-order valence-electron chi connectivity index (χ1n) is 6.48. The molecule has 1 fully saturated rings. The van der Waals surface area contributed by atoms with Crippen molar-refractivity contribution in [3.8, 4) is 0 Å². The van der Waals surface area contributed by atoms with Crippen molar-refractivity contribution in [2.24, 2.45) is 0 Å². The quantitative estimate of drug-likeness (QED) is 0.690. The summed E-state index contributed by atoms with van der Waals surface area (Å²) in [5.41, 5.74) is 0.953. The van der Waals surface area contributed by atoms with Crippen molar-refractivity contribution in [2.45, 2.75) is 25.8 Å². The van der Waals surface area contributed by atoms with E-state index in [4.69, 9.17) is 0 Å². The number of hydrogen-bond donors (Lipinski definition) is 3. The molecule has 1 aliphatic heterocycles. The molecule has 0 bridgehead atoms. The zero-order valence-corrected chi connectivity index (χ0v) is 11.4. The molecule has 3 N–H and O–H groups in total. The van der Waals surface area contributed by atoms with Crippen molar-refractivity contribution in [1.82, 2.24) is 10.6 Å². The Morgan fingerprint density at radius 3 is 2.43 bits per heavy atom. The van der Waals surface area contributed by atoms with Gasteiger partial charge in [-0.2, -0.15) is 0 Å². The lowest BCUT2D eigenvalue weighted by atomic mass is 10.1. The van der Waals surface area contributed by atoms with Gasteiger partial charge in [-0.25, -0.2) is 0 Å². The molecule has 1 saturated heterocycles. The molecule has 2 rings (SSSR count). The van der Waals surface area contributed by atoms with E-state index >= 15 is 0 Å². The summed E-state index contributed by atoms with van der Waals surface area (Å²) in [7, 11) is 0. The number of imide groups is 1. The van der Waals surface area contributed by atoms with Crippen molar-refractivity contribution >= 4 is 29.3 Å². The third-order valence-corrected chi connectivity index (χ3v) is 3.01. The minimum atomic E-state index is -0.703. The number of rotatable bonds is 3. The van der Waals surface area contributed by atoms with Crippen LogP contribution >= 0.6 is 0 Å². The average Bonchev–Trinajstić information content (AvgIpc) is 2.42. The fourth-order valence-electron chi connectivity index (χ4n) is 1.98. The molecule has 7 heteroatoms. The molecule has 110 valence electrons. The molecule has 1 aromatic carbocycles. The lowest BCUT2D eigenvalue weighted by molar-refractivity contribution is -0.134. The number of piperidine rings is 1. The summed E-state index contributed by atoms with van der Waals surface area (Å²) in [5, 5.41) is 7.34. The van der Waals surface area contributed by atoms with E-state index in [9.17, 15) is 19.2 Å². The Bertz CT molecular complexity index is 595. The first kappa shape index (κ1) is 14.7. The second kappa shape index (κ2) is 6.17. The van der Waals surface area contributed by atoms with Gasteiger partial charge >= 0.3 is 0 Å². The fourth-order valence-corrected chi connectivity index (χ4v) is 1.98. The number of anilines is 1. The van der Waals surface area contributed by atoms with E-state index in [0.29, 0.717) is 17.7 Å². The number of nitrogens with one attached hydrogen (secondary N) is 3. The van der Waals surface area contributed by atoms with Gasteiger partial charge in [-0.15, -0.1) is 0 Å². The fraction of sp³-hybridized carbons (Fsp3) is 0.286. The molecule has 1 heterocycles. The lowest BCUT2D eigenvalue weighted by Gasteiger charge is -2.21. The van der Waals surface area contributed by atoms with E-state index in [-0.39, 0.29) is 18.2 Å². The van der Waals surface area contributed by atoms with Gasteiger partial charge in [-0.3, -0.25) is 24.5 Å². The summed E-state index contributed by atoms with van der Waals surface area (Å²) in [6, 6.07) is 5.59. The molecule has 1 aromatic rings. The summed E-state index contributed by atoms with van der Waals surface area (Å²) in [4.78, 5) is 45.5. The molecule has 1 aliphatic rings. The van der Waals surface area contributed by atoms with Gasteiger partial charge < -0.3 is 10.6 Å². The first-order chi connectivity index (χ1) is 9.95. The normalized spacial score (nSPS) is 17.9. The highest BCUT2D eigenvalue weighted by Gasteiger charge is 2.27. The molecule has 0 saturated carbocycles. The SMILES string of the molecule is CC(=O)Nc1ccc(C(=O)NC2CCC(=O)NC2=O)cc1. The highest BCUT2D eigenvalue weighted by atomic mass is 16.2. The van der Waals surface area contributed by atoms with Crippen LogP contribution in [0.2, 0.25) is 0 Å². The molecule has 4 amide bonds. The van der Waals surface area contributed by atoms with E-state index in [2.05, 4.69) is 16.0 Å². The summed E-state index contributed by atoms with van der Waals surface area (Å²) in [5.74, 6) is -1.42. The van der Waals surface area contributed by atoms with Crippen LogP contribution in [0.3, 0.4) is 0 Å². The number of benzene rings is 1. The van der Waals surface area contributed by atoms with Gasteiger partial charge in [0.25, 0.3) is 5.91 Å². The Hall–Kier alpha value is -2.70. The van der Waals surface area contributed by atoms with Crippen LogP contribution in [0.1, 0.15) is 30.1 Å². The Morgan fingerprint density at radius 2 is 1.86 bits per heavy atom. The van der Waals surface area contributed by atoms with Gasteiger partial charge in [0.1, 0.15) is 6.04 Å². The smallest absolute Gasteiger partial charge is 0.251 e. The molecule has 0 radical (unpaired) electrons. The van der Waals surface area contributed by atoms with Crippen LogP contribution in [0.4, 0.5) is 5.69 Å². The molecular weight excluding hydrogens is 274 g/mol. The molecule has 7 nitrogen and oxygen atoms in total. The Balaban J connectivity index is 1.98. The molecule has 0 spiro atoms. The highest BCUT2D eigenvalue weighted by molar-refractivity contribution is 6.03. The minimum Gasteiger partial charge on any atom is -0.340 e. The zero-order valence-electron chi connectivity index (χ0n) is 11.4. The molecule has 0 aliphatic carbocycles. The topological polar surface area (TPSA) is 104 Å². The second-order valence-corrected chi connectivity index (χ2v) is 4.74. The lowest BCUT2D eigenvalue weighted by Crippen LogP contribution is -2.52. The van der Waals surface area contributed by atoms with Gasteiger partial charge in [-0.05, 0) is 30.7 Å². The Kier molecular flexibility index (Phi) is 4.32. The van der Waals surface area contributed by atoms with Crippen LogP contribution in [0.5, 0.6) is 0 Å². The van der Waals surface area contributed by atoms with Gasteiger partial charge in [0.05, 0.1) is 0 Å². The predicted octanol–water partition coefficient (Wildman–Crippen LogP) is 0.180. The molecule has 1 unspecified atom stereocenters. The van der Waals surface area contributed by atoms with E-state index < -0.39 is 17.9 Å². The summed E-state index contributed by atoms with van der Waals surface area (Å²) >= 11 is 0. The average molecular weight is 289 g/mol. The maximum Gasteiger partial charge on any atom is 0.251 e. The predicted molar refractivity (Wildman–Crippen MR) is 74.4 cm³/mol. The largest absolute Gasteiger partial charge is 0.340 e. The maximum absolute atomic E-state index is 12.0. The van der Waals surface area contributed by atoms with E-state index in [1.54, 1.807) is 24.3 Å². The van der Waals surface area contributed by atoms with Gasteiger partial charge in [0, 0.05) is 24.6 Å². The number of carbonyl (C=O) groups excluding carboxylic acids is 4. The van der Waals surface area contributed by atoms with Crippen LogP contribution < -0.4 is 16.0 Å². The van der Waals surface area contributed by atoms with Gasteiger partial charge in [0.2, 0.25) is 17.7 Å². The van der Waals surface area contributed by atoms with Crippen LogP contribution in [0, 0.1) is 0 Å². The molecule has 21 heavy (non-hydrogen) atoms. The van der Waals surface area contributed by atoms with Crippen molar-refractivity contribution in [1.29, 1.82) is 0 Å². The standard InChI is InChI=1S/C14H15N3O4/c1-8(18)15-10-4-2-9(3-5-10)13(20)16-11-6-7-12(19)17-14(11)21/h2-5,11H,6-7H2,1H3,(H,15,18)(H,16,20)(H,17,19,21).